The van der Waals surface area contributed by atoms with Crippen molar-refractivity contribution in [3.8, 4) is 0 Å². The Bertz CT molecular complexity index is 482. The summed E-state index contributed by atoms with van der Waals surface area (Å²) in [5, 5.41) is 3.05. The van der Waals surface area contributed by atoms with Crippen molar-refractivity contribution >= 4 is 5.91 Å². The van der Waals surface area contributed by atoms with Gasteiger partial charge in [-0.05, 0) is 56.0 Å². The van der Waals surface area contributed by atoms with Crippen molar-refractivity contribution in [3.63, 3.8) is 0 Å². The molecule has 1 aliphatic heterocycles. The van der Waals surface area contributed by atoms with Gasteiger partial charge in [-0.25, -0.2) is 4.39 Å². The van der Waals surface area contributed by atoms with Crippen LogP contribution in [0.5, 0.6) is 0 Å². The Balaban J connectivity index is 1.72. The minimum atomic E-state index is -0.183. The van der Waals surface area contributed by atoms with Gasteiger partial charge in [0.25, 0.3) is 0 Å². The number of piperidine rings is 1. The molecular weight excluding hydrogens is 279 g/mol. The molecule has 1 saturated heterocycles. The minimum absolute atomic E-state index is 0.135. The normalized spacial score (nSPS) is 16.9. The van der Waals surface area contributed by atoms with Gasteiger partial charge in [0.1, 0.15) is 5.82 Å². The van der Waals surface area contributed by atoms with Crippen molar-refractivity contribution in [2.75, 3.05) is 19.6 Å². The third kappa shape index (κ3) is 5.41. The first kappa shape index (κ1) is 16.9. The summed E-state index contributed by atoms with van der Waals surface area (Å²) in [6, 6.07) is 6.76. The highest BCUT2D eigenvalue weighted by Crippen LogP contribution is 2.19. The van der Waals surface area contributed by atoms with Gasteiger partial charge in [0.05, 0.1) is 0 Å². The zero-order valence-corrected chi connectivity index (χ0v) is 13.6. The maximum atomic E-state index is 13.2. The van der Waals surface area contributed by atoms with Crippen molar-refractivity contribution in [2.45, 2.75) is 39.7 Å². The molecule has 1 fully saturated rings. The summed E-state index contributed by atoms with van der Waals surface area (Å²) in [5.41, 5.74) is 1.000. The molecule has 1 aromatic rings. The molecule has 4 heteroatoms. The molecule has 1 amide bonds. The molecule has 1 aliphatic rings. The Morgan fingerprint density at radius 1 is 1.36 bits per heavy atom. The molecule has 22 heavy (non-hydrogen) atoms. The van der Waals surface area contributed by atoms with Gasteiger partial charge in [-0.15, -0.1) is 0 Å². The van der Waals surface area contributed by atoms with Crippen molar-refractivity contribution in [1.29, 1.82) is 0 Å². The molecule has 0 bridgehead atoms. The van der Waals surface area contributed by atoms with Gasteiger partial charge in [0, 0.05) is 19.0 Å². The number of carbonyl (C=O) groups is 1. The van der Waals surface area contributed by atoms with E-state index in [9.17, 15) is 9.18 Å². The molecule has 0 atom stereocenters. The standard InChI is InChI=1S/C18H27FN2O/c1-14(2)6-9-20-18(22)16-7-10-21(11-8-16)13-15-4-3-5-17(19)12-15/h3-5,12,14,16H,6-11,13H2,1-2H3,(H,20,22). The monoisotopic (exact) mass is 306 g/mol. The molecule has 1 N–H and O–H groups in total. The molecule has 0 saturated carbocycles. The number of nitrogens with one attached hydrogen (secondary N) is 1. The highest BCUT2D eigenvalue weighted by molar-refractivity contribution is 5.78. The van der Waals surface area contributed by atoms with Gasteiger partial charge >= 0.3 is 0 Å². The molecule has 0 radical (unpaired) electrons. The summed E-state index contributed by atoms with van der Waals surface area (Å²) >= 11 is 0. The van der Waals surface area contributed by atoms with E-state index in [0.717, 1.165) is 51.0 Å². The molecule has 0 aliphatic carbocycles. The summed E-state index contributed by atoms with van der Waals surface area (Å²) in [7, 11) is 0. The highest BCUT2D eigenvalue weighted by atomic mass is 19.1. The zero-order valence-electron chi connectivity index (χ0n) is 13.6. The predicted octanol–water partition coefficient (Wildman–Crippen LogP) is 3.20. The van der Waals surface area contributed by atoms with Crippen LogP contribution in [0.1, 0.15) is 38.7 Å². The first-order valence-electron chi connectivity index (χ1n) is 8.29. The fraction of sp³-hybridized carbons (Fsp3) is 0.611. The lowest BCUT2D eigenvalue weighted by Crippen LogP contribution is -2.40. The van der Waals surface area contributed by atoms with E-state index < -0.39 is 0 Å². The zero-order chi connectivity index (χ0) is 15.9. The number of benzene rings is 1. The van der Waals surface area contributed by atoms with E-state index >= 15 is 0 Å². The SMILES string of the molecule is CC(C)CCNC(=O)C1CCN(Cc2cccc(F)c2)CC1. The fourth-order valence-corrected chi connectivity index (χ4v) is 2.88. The molecule has 122 valence electrons. The number of likely N-dealkylation sites (tertiary alicyclic amines) is 1. The Morgan fingerprint density at radius 3 is 2.73 bits per heavy atom. The number of halogens is 1. The molecule has 3 nitrogen and oxygen atoms in total. The van der Waals surface area contributed by atoms with Gasteiger partial charge in [-0.1, -0.05) is 26.0 Å². The second-order valence-electron chi connectivity index (χ2n) is 6.65. The van der Waals surface area contributed by atoms with Gasteiger partial charge in [-0.2, -0.15) is 0 Å². The van der Waals surface area contributed by atoms with Crippen LogP contribution in [0.4, 0.5) is 4.39 Å². The van der Waals surface area contributed by atoms with Crippen LogP contribution in [0.25, 0.3) is 0 Å². The average Bonchev–Trinajstić information content (AvgIpc) is 2.47. The van der Waals surface area contributed by atoms with E-state index in [-0.39, 0.29) is 17.6 Å². The molecule has 1 aromatic carbocycles. The first-order chi connectivity index (χ1) is 10.5. The van der Waals surface area contributed by atoms with Gasteiger partial charge in [-0.3, -0.25) is 9.69 Å². The lowest BCUT2D eigenvalue weighted by molar-refractivity contribution is -0.126. The van der Waals surface area contributed by atoms with E-state index in [2.05, 4.69) is 24.1 Å². The number of carbonyl (C=O) groups excluding carboxylic acids is 1. The van der Waals surface area contributed by atoms with Crippen molar-refractivity contribution in [3.05, 3.63) is 35.6 Å². The van der Waals surface area contributed by atoms with Crippen LogP contribution < -0.4 is 5.32 Å². The predicted molar refractivity (Wildman–Crippen MR) is 86.9 cm³/mol. The second-order valence-corrected chi connectivity index (χ2v) is 6.65. The van der Waals surface area contributed by atoms with Gasteiger partial charge < -0.3 is 5.32 Å². The largest absolute Gasteiger partial charge is 0.356 e. The Hall–Kier alpha value is -1.42. The first-order valence-corrected chi connectivity index (χ1v) is 8.29. The highest BCUT2D eigenvalue weighted by Gasteiger charge is 2.24. The van der Waals surface area contributed by atoms with Crippen LogP contribution in [-0.4, -0.2) is 30.4 Å². The van der Waals surface area contributed by atoms with Crippen LogP contribution in [0, 0.1) is 17.7 Å². The number of rotatable bonds is 6. The summed E-state index contributed by atoms with van der Waals surface area (Å²) < 4.78 is 13.2. The Kier molecular flexibility index (Phi) is 6.37. The molecular formula is C18H27FN2O. The fourth-order valence-electron chi connectivity index (χ4n) is 2.88. The minimum Gasteiger partial charge on any atom is -0.356 e. The quantitative estimate of drug-likeness (QED) is 0.875. The van der Waals surface area contributed by atoms with Gasteiger partial charge in [0.2, 0.25) is 5.91 Å². The lowest BCUT2D eigenvalue weighted by atomic mass is 9.95. The average molecular weight is 306 g/mol. The molecule has 0 aromatic heterocycles. The maximum Gasteiger partial charge on any atom is 0.223 e. The van der Waals surface area contributed by atoms with E-state index in [4.69, 9.17) is 0 Å². The number of nitrogens with zero attached hydrogens (tertiary/aromatic N) is 1. The van der Waals surface area contributed by atoms with Crippen molar-refractivity contribution < 1.29 is 9.18 Å². The van der Waals surface area contributed by atoms with E-state index in [1.54, 1.807) is 12.1 Å². The number of hydrogen-bond donors (Lipinski definition) is 1. The second kappa shape index (κ2) is 8.28. The smallest absolute Gasteiger partial charge is 0.223 e. The van der Waals surface area contributed by atoms with Crippen LogP contribution in [0.3, 0.4) is 0 Å². The van der Waals surface area contributed by atoms with E-state index in [0.29, 0.717) is 5.92 Å². The molecule has 0 spiro atoms. The maximum absolute atomic E-state index is 13.2. The molecule has 0 unspecified atom stereocenters. The third-order valence-corrected chi connectivity index (χ3v) is 4.27. The Labute approximate surface area is 132 Å². The van der Waals surface area contributed by atoms with Gasteiger partial charge in [0.15, 0.2) is 0 Å². The molecule has 2 rings (SSSR count). The van der Waals surface area contributed by atoms with Crippen LogP contribution in [0.2, 0.25) is 0 Å². The molecule has 1 heterocycles. The lowest BCUT2D eigenvalue weighted by Gasteiger charge is -2.31. The van der Waals surface area contributed by atoms with E-state index in [1.165, 1.54) is 6.07 Å². The van der Waals surface area contributed by atoms with Crippen molar-refractivity contribution in [1.82, 2.24) is 10.2 Å². The van der Waals surface area contributed by atoms with Crippen molar-refractivity contribution in [2.24, 2.45) is 11.8 Å². The third-order valence-electron chi connectivity index (χ3n) is 4.27. The van der Waals surface area contributed by atoms with Crippen LogP contribution in [0.15, 0.2) is 24.3 Å². The van der Waals surface area contributed by atoms with Crippen LogP contribution >= 0.6 is 0 Å². The number of amides is 1. The summed E-state index contributed by atoms with van der Waals surface area (Å²) in [5.74, 6) is 0.771. The Morgan fingerprint density at radius 2 is 2.09 bits per heavy atom. The summed E-state index contributed by atoms with van der Waals surface area (Å²) in [6.45, 7) is 7.67. The number of hydrogen-bond acceptors (Lipinski definition) is 2. The van der Waals surface area contributed by atoms with Crippen LogP contribution in [-0.2, 0) is 11.3 Å². The summed E-state index contributed by atoms with van der Waals surface area (Å²) in [6.07, 6.45) is 2.82. The van der Waals surface area contributed by atoms with E-state index in [1.807, 2.05) is 6.07 Å². The summed E-state index contributed by atoms with van der Waals surface area (Å²) in [4.78, 5) is 14.4. The topological polar surface area (TPSA) is 32.3 Å².